The fourth-order valence-electron chi connectivity index (χ4n) is 4.21. The van der Waals surface area contributed by atoms with Gasteiger partial charge in [0.15, 0.2) is 0 Å². The van der Waals surface area contributed by atoms with E-state index in [-0.39, 0.29) is 5.91 Å². The molecule has 3 nitrogen and oxygen atoms in total. The van der Waals surface area contributed by atoms with Gasteiger partial charge in [0.1, 0.15) is 5.75 Å². The lowest BCUT2D eigenvalue weighted by molar-refractivity contribution is 0.0923. The zero-order valence-electron chi connectivity index (χ0n) is 14.9. The number of benzene rings is 2. The van der Waals surface area contributed by atoms with Crippen molar-refractivity contribution in [2.45, 2.75) is 36.6 Å². The van der Waals surface area contributed by atoms with Crippen LogP contribution in [0.15, 0.2) is 59.5 Å². The third-order valence-corrected chi connectivity index (χ3v) is 6.51. The van der Waals surface area contributed by atoms with Crippen LogP contribution in [-0.2, 0) is 0 Å². The molecule has 0 unspecified atom stereocenters. The van der Waals surface area contributed by atoms with E-state index in [2.05, 4.69) is 17.4 Å². The van der Waals surface area contributed by atoms with Crippen molar-refractivity contribution in [1.82, 2.24) is 5.32 Å². The number of carbonyl (C=O) groups excluding carboxylic acids is 1. The Kier molecular flexibility index (Phi) is 5.49. The van der Waals surface area contributed by atoms with Crippen molar-refractivity contribution in [3.05, 3.63) is 60.2 Å². The predicted octanol–water partition coefficient (Wildman–Crippen LogP) is 4.78. The van der Waals surface area contributed by atoms with Crippen molar-refractivity contribution in [3.8, 4) is 5.75 Å². The molecule has 0 aliphatic heterocycles. The summed E-state index contributed by atoms with van der Waals surface area (Å²) in [5, 5.41) is 3.23. The number of fused-ring (bicyclic) bond motifs is 2. The number of rotatable bonds is 7. The summed E-state index contributed by atoms with van der Waals surface area (Å²) in [6.45, 7) is 0.649. The Hall–Kier alpha value is -1.94. The van der Waals surface area contributed by atoms with E-state index in [1.54, 1.807) is 11.8 Å². The first-order valence-electron chi connectivity index (χ1n) is 9.49. The first-order chi connectivity index (χ1) is 12.8. The summed E-state index contributed by atoms with van der Waals surface area (Å²) < 4.78 is 5.78. The van der Waals surface area contributed by atoms with Crippen LogP contribution >= 0.6 is 11.8 Å². The average molecular weight is 368 g/mol. The van der Waals surface area contributed by atoms with Crippen LogP contribution in [0.2, 0.25) is 0 Å². The Balaban J connectivity index is 1.22. The molecular formula is C22H25NO2S. The van der Waals surface area contributed by atoms with Gasteiger partial charge in [-0.2, -0.15) is 0 Å². The maximum atomic E-state index is 12.5. The maximum absolute atomic E-state index is 12.5. The summed E-state index contributed by atoms with van der Waals surface area (Å²) in [5.41, 5.74) is 0.721. The van der Waals surface area contributed by atoms with Gasteiger partial charge < -0.3 is 10.1 Å². The van der Waals surface area contributed by atoms with Crippen LogP contribution in [-0.4, -0.2) is 24.3 Å². The Morgan fingerprint density at radius 1 is 1.04 bits per heavy atom. The van der Waals surface area contributed by atoms with Gasteiger partial charge in [0, 0.05) is 22.3 Å². The van der Waals surface area contributed by atoms with E-state index in [4.69, 9.17) is 4.74 Å². The van der Waals surface area contributed by atoms with E-state index < -0.39 is 0 Å². The van der Waals surface area contributed by atoms with Crippen LogP contribution in [0.25, 0.3) is 0 Å². The molecule has 2 aliphatic rings. The highest BCUT2D eigenvalue weighted by Gasteiger charge is 2.40. The topological polar surface area (TPSA) is 38.3 Å². The molecule has 2 saturated carbocycles. The molecule has 2 aliphatic carbocycles. The molecule has 3 atom stereocenters. The summed E-state index contributed by atoms with van der Waals surface area (Å²) >= 11 is 1.78. The van der Waals surface area contributed by atoms with Crippen LogP contribution in [0.5, 0.6) is 5.75 Å². The Bertz CT molecular complexity index is 732. The molecule has 2 aromatic carbocycles. The van der Waals surface area contributed by atoms with E-state index in [1.807, 2.05) is 42.5 Å². The van der Waals surface area contributed by atoms with Gasteiger partial charge in [-0.05, 0) is 67.5 Å². The van der Waals surface area contributed by atoms with Crippen molar-refractivity contribution < 1.29 is 9.53 Å². The third kappa shape index (κ3) is 4.24. The Morgan fingerprint density at radius 2 is 1.85 bits per heavy atom. The van der Waals surface area contributed by atoms with Gasteiger partial charge in [-0.25, -0.2) is 0 Å². The molecule has 1 N–H and O–H groups in total. The number of nitrogens with one attached hydrogen (secondary N) is 1. The smallest absolute Gasteiger partial charge is 0.251 e. The lowest BCUT2D eigenvalue weighted by Crippen LogP contribution is -2.38. The summed E-state index contributed by atoms with van der Waals surface area (Å²) in [5.74, 6) is 3.31. The number of ether oxygens (including phenoxy) is 1. The monoisotopic (exact) mass is 367 g/mol. The Labute approximate surface area is 159 Å². The molecule has 136 valence electrons. The van der Waals surface area contributed by atoms with E-state index in [9.17, 15) is 4.79 Å². The minimum atomic E-state index is 0.0498. The second-order valence-electron chi connectivity index (χ2n) is 7.29. The number of carbonyl (C=O) groups is 1. The molecule has 0 aromatic heterocycles. The SMILES string of the molecule is O=C(N[C@H]1C[C@H]2CC[C@H]1C2)c1ccc(OCCSc2ccccc2)cc1. The van der Waals surface area contributed by atoms with Crippen LogP contribution in [0.3, 0.4) is 0 Å². The standard InChI is InChI=1S/C22H25NO2S/c24-22(23-21-15-16-6-7-18(21)14-16)17-8-10-19(11-9-17)25-12-13-26-20-4-2-1-3-5-20/h1-5,8-11,16,18,21H,6-7,12-15H2,(H,23,24)/t16-,18-,21-/m0/s1. The van der Waals surface area contributed by atoms with Gasteiger partial charge in [0.2, 0.25) is 0 Å². The molecular weight excluding hydrogens is 342 g/mol. The van der Waals surface area contributed by atoms with Crippen molar-refractivity contribution in [2.75, 3.05) is 12.4 Å². The second kappa shape index (κ2) is 8.17. The highest BCUT2D eigenvalue weighted by molar-refractivity contribution is 7.99. The zero-order valence-corrected chi connectivity index (χ0v) is 15.7. The highest BCUT2D eigenvalue weighted by atomic mass is 32.2. The fourth-order valence-corrected chi connectivity index (χ4v) is 4.96. The molecule has 0 radical (unpaired) electrons. The second-order valence-corrected chi connectivity index (χ2v) is 8.46. The normalized spacial score (nSPS) is 23.8. The predicted molar refractivity (Wildman–Crippen MR) is 106 cm³/mol. The molecule has 26 heavy (non-hydrogen) atoms. The average Bonchev–Trinajstić information content (AvgIpc) is 3.30. The van der Waals surface area contributed by atoms with Gasteiger partial charge in [-0.3, -0.25) is 4.79 Å². The molecule has 0 spiro atoms. The number of thioether (sulfide) groups is 1. The van der Waals surface area contributed by atoms with Crippen molar-refractivity contribution >= 4 is 17.7 Å². The molecule has 0 saturated heterocycles. The molecule has 2 bridgehead atoms. The first-order valence-corrected chi connectivity index (χ1v) is 10.5. The van der Waals surface area contributed by atoms with E-state index >= 15 is 0 Å². The number of hydrogen-bond donors (Lipinski definition) is 1. The van der Waals surface area contributed by atoms with Crippen LogP contribution in [0, 0.1) is 11.8 Å². The zero-order chi connectivity index (χ0) is 17.8. The van der Waals surface area contributed by atoms with E-state index in [0.717, 1.165) is 29.4 Å². The van der Waals surface area contributed by atoms with Gasteiger partial charge in [0.25, 0.3) is 5.91 Å². The lowest BCUT2D eigenvalue weighted by atomic mass is 9.95. The Morgan fingerprint density at radius 3 is 2.54 bits per heavy atom. The van der Waals surface area contributed by atoms with Crippen molar-refractivity contribution in [1.29, 1.82) is 0 Å². The van der Waals surface area contributed by atoms with Crippen LogP contribution in [0.4, 0.5) is 0 Å². The van der Waals surface area contributed by atoms with Crippen molar-refractivity contribution in [2.24, 2.45) is 11.8 Å². The van der Waals surface area contributed by atoms with Gasteiger partial charge >= 0.3 is 0 Å². The molecule has 4 rings (SSSR count). The lowest BCUT2D eigenvalue weighted by Gasteiger charge is -2.22. The quantitative estimate of drug-likeness (QED) is 0.565. The van der Waals surface area contributed by atoms with E-state index in [1.165, 1.54) is 24.2 Å². The van der Waals surface area contributed by atoms with Gasteiger partial charge in [-0.15, -0.1) is 11.8 Å². The summed E-state index contributed by atoms with van der Waals surface area (Å²) in [7, 11) is 0. The molecule has 2 aromatic rings. The minimum Gasteiger partial charge on any atom is -0.493 e. The minimum absolute atomic E-state index is 0.0498. The van der Waals surface area contributed by atoms with Gasteiger partial charge in [-0.1, -0.05) is 24.6 Å². The summed E-state index contributed by atoms with van der Waals surface area (Å²) in [4.78, 5) is 13.7. The maximum Gasteiger partial charge on any atom is 0.251 e. The molecule has 4 heteroatoms. The van der Waals surface area contributed by atoms with Gasteiger partial charge in [0.05, 0.1) is 6.61 Å². The first kappa shape index (κ1) is 17.5. The number of hydrogen-bond acceptors (Lipinski definition) is 3. The molecule has 2 fully saturated rings. The number of amides is 1. The summed E-state index contributed by atoms with van der Waals surface area (Å²) in [6.07, 6.45) is 5.10. The molecule has 1 amide bonds. The third-order valence-electron chi connectivity index (χ3n) is 5.54. The van der Waals surface area contributed by atoms with E-state index in [0.29, 0.717) is 18.6 Å². The van der Waals surface area contributed by atoms with Crippen LogP contribution in [0.1, 0.15) is 36.0 Å². The molecule has 0 heterocycles. The highest BCUT2D eigenvalue weighted by Crippen LogP contribution is 2.44. The van der Waals surface area contributed by atoms with Crippen LogP contribution < -0.4 is 10.1 Å². The fraction of sp³-hybridized carbons (Fsp3) is 0.409. The van der Waals surface area contributed by atoms with Crippen molar-refractivity contribution in [3.63, 3.8) is 0 Å². The largest absolute Gasteiger partial charge is 0.493 e. The summed E-state index contributed by atoms with van der Waals surface area (Å²) in [6, 6.07) is 18.2.